The molecule has 0 radical (unpaired) electrons. The van der Waals surface area contributed by atoms with Gasteiger partial charge in [-0.2, -0.15) is 0 Å². The number of nitrogens with one attached hydrogen (secondary N) is 2. The summed E-state index contributed by atoms with van der Waals surface area (Å²) in [4.78, 5) is 30.8. The van der Waals surface area contributed by atoms with E-state index in [1.54, 1.807) is 36.7 Å². The fourth-order valence-corrected chi connectivity index (χ4v) is 2.37. The van der Waals surface area contributed by atoms with Crippen LogP contribution in [0.4, 0.5) is 5.69 Å². The van der Waals surface area contributed by atoms with E-state index in [1.165, 1.54) is 0 Å². The van der Waals surface area contributed by atoms with Gasteiger partial charge in [0.05, 0.1) is 22.9 Å². The van der Waals surface area contributed by atoms with Crippen molar-refractivity contribution in [3.8, 4) is 0 Å². The summed E-state index contributed by atoms with van der Waals surface area (Å²) in [6, 6.07) is 12.3. The third kappa shape index (κ3) is 3.86. The SMILES string of the molecule is O=C(COC(=O)c1ccc2nc[nH]c2c1)Nc1ccc(I)cc1. The highest BCUT2D eigenvalue weighted by Crippen LogP contribution is 2.13. The van der Waals surface area contributed by atoms with E-state index in [4.69, 9.17) is 4.74 Å². The molecule has 6 nitrogen and oxygen atoms in total. The lowest BCUT2D eigenvalue weighted by Crippen LogP contribution is -2.20. The van der Waals surface area contributed by atoms with Crippen molar-refractivity contribution >= 4 is 51.2 Å². The molecule has 23 heavy (non-hydrogen) atoms. The molecule has 1 heterocycles. The third-order valence-electron chi connectivity index (χ3n) is 3.12. The molecule has 7 heteroatoms. The van der Waals surface area contributed by atoms with Gasteiger partial charge in [0, 0.05) is 9.26 Å². The lowest BCUT2D eigenvalue weighted by molar-refractivity contribution is -0.119. The first kappa shape index (κ1) is 15.5. The highest BCUT2D eigenvalue weighted by molar-refractivity contribution is 14.1. The first-order valence-electron chi connectivity index (χ1n) is 6.77. The largest absolute Gasteiger partial charge is 0.452 e. The first-order chi connectivity index (χ1) is 11.1. The predicted molar refractivity (Wildman–Crippen MR) is 94.2 cm³/mol. The molecular weight excluding hydrogens is 409 g/mol. The second-order valence-corrected chi connectivity index (χ2v) is 6.01. The van der Waals surface area contributed by atoms with Crippen molar-refractivity contribution in [2.75, 3.05) is 11.9 Å². The Hall–Kier alpha value is -2.42. The molecule has 0 aliphatic carbocycles. The molecule has 2 N–H and O–H groups in total. The Morgan fingerprint density at radius 2 is 1.96 bits per heavy atom. The second-order valence-electron chi connectivity index (χ2n) is 4.77. The fourth-order valence-electron chi connectivity index (χ4n) is 2.01. The van der Waals surface area contributed by atoms with Gasteiger partial charge in [-0.05, 0) is 65.1 Å². The number of hydrogen-bond acceptors (Lipinski definition) is 4. The number of aromatic nitrogens is 2. The number of esters is 1. The number of carbonyl (C=O) groups is 2. The highest BCUT2D eigenvalue weighted by Gasteiger charge is 2.11. The van der Waals surface area contributed by atoms with Gasteiger partial charge in [-0.25, -0.2) is 9.78 Å². The van der Waals surface area contributed by atoms with E-state index in [9.17, 15) is 9.59 Å². The van der Waals surface area contributed by atoms with Gasteiger partial charge in [0.2, 0.25) is 0 Å². The molecule has 0 spiro atoms. The van der Waals surface area contributed by atoms with E-state index in [1.807, 2.05) is 12.1 Å². The number of hydrogen-bond donors (Lipinski definition) is 2. The molecule has 0 fully saturated rings. The van der Waals surface area contributed by atoms with Crippen molar-refractivity contribution in [3.63, 3.8) is 0 Å². The van der Waals surface area contributed by atoms with Crippen LogP contribution in [-0.2, 0) is 9.53 Å². The summed E-state index contributed by atoms with van der Waals surface area (Å²) >= 11 is 2.18. The number of halogens is 1. The molecule has 0 saturated heterocycles. The van der Waals surface area contributed by atoms with Gasteiger partial charge >= 0.3 is 5.97 Å². The standard InChI is InChI=1S/C16H12IN3O3/c17-11-2-4-12(5-3-11)20-15(21)8-23-16(22)10-1-6-13-14(7-10)19-9-18-13/h1-7,9H,8H2,(H,18,19)(H,20,21). The predicted octanol–water partition coefficient (Wildman–Crippen LogP) is 2.96. The van der Waals surface area contributed by atoms with Gasteiger partial charge in [-0.1, -0.05) is 0 Å². The van der Waals surface area contributed by atoms with Crippen LogP contribution in [0.5, 0.6) is 0 Å². The molecule has 1 amide bonds. The number of rotatable bonds is 4. The minimum atomic E-state index is -0.556. The lowest BCUT2D eigenvalue weighted by atomic mass is 10.2. The Balaban J connectivity index is 1.57. The summed E-state index contributed by atoms with van der Waals surface area (Å²) in [7, 11) is 0. The van der Waals surface area contributed by atoms with Crippen molar-refractivity contribution in [1.29, 1.82) is 0 Å². The van der Waals surface area contributed by atoms with E-state index in [-0.39, 0.29) is 12.5 Å². The Bertz CT molecular complexity index is 858. The number of anilines is 1. The van der Waals surface area contributed by atoms with Crippen LogP contribution in [-0.4, -0.2) is 28.5 Å². The summed E-state index contributed by atoms with van der Waals surface area (Å²) in [5.74, 6) is -0.943. The number of benzene rings is 2. The minimum absolute atomic E-state index is 0.341. The number of nitrogens with zero attached hydrogens (tertiary/aromatic N) is 1. The molecule has 1 aromatic heterocycles. The second kappa shape index (κ2) is 6.78. The van der Waals surface area contributed by atoms with E-state index in [2.05, 4.69) is 37.9 Å². The third-order valence-corrected chi connectivity index (χ3v) is 3.84. The van der Waals surface area contributed by atoms with Gasteiger partial charge in [0.25, 0.3) is 5.91 Å². The van der Waals surface area contributed by atoms with Crippen LogP contribution in [0.25, 0.3) is 11.0 Å². The van der Waals surface area contributed by atoms with Crippen LogP contribution in [0.1, 0.15) is 10.4 Å². The van der Waals surface area contributed by atoms with E-state index in [0.717, 1.165) is 14.6 Å². The number of aromatic amines is 1. The number of amides is 1. The van der Waals surface area contributed by atoms with Crippen LogP contribution in [0.2, 0.25) is 0 Å². The zero-order valence-corrected chi connectivity index (χ0v) is 14.0. The molecule has 3 aromatic rings. The Morgan fingerprint density at radius 1 is 1.17 bits per heavy atom. The number of H-pyrrole nitrogens is 1. The molecule has 0 aliphatic rings. The maximum atomic E-state index is 12.0. The zero-order valence-electron chi connectivity index (χ0n) is 11.9. The number of fused-ring (bicyclic) bond motifs is 1. The van der Waals surface area contributed by atoms with E-state index < -0.39 is 5.97 Å². The van der Waals surface area contributed by atoms with Crippen molar-refractivity contribution in [1.82, 2.24) is 9.97 Å². The number of carbonyl (C=O) groups excluding carboxylic acids is 2. The zero-order chi connectivity index (χ0) is 16.2. The van der Waals surface area contributed by atoms with Crippen LogP contribution in [0.15, 0.2) is 48.8 Å². The Labute approximate surface area is 145 Å². The normalized spacial score (nSPS) is 10.5. The van der Waals surface area contributed by atoms with E-state index in [0.29, 0.717) is 11.3 Å². The lowest BCUT2D eigenvalue weighted by Gasteiger charge is -2.07. The smallest absolute Gasteiger partial charge is 0.338 e. The van der Waals surface area contributed by atoms with Crippen LogP contribution in [0, 0.1) is 3.57 Å². The molecule has 0 unspecified atom stereocenters. The molecule has 0 saturated carbocycles. The fraction of sp³-hybridized carbons (Fsp3) is 0.0625. The molecule has 0 bridgehead atoms. The Morgan fingerprint density at radius 3 is 2.74 bits per heavy atom. The molecular formula is C16H12IN3O3. The van der Waals surface area contributed by atoms with E-state index >= 15 is 0 Å². The van der Waals surface area contributed by atoms with Crippen LogP contribution in [0.3, 0.4) is 0 Å². The maximum Gasteiger partial charge on any atom is 0.338 e. The van der Waals surface area contributed by atoms with Crippen molar-refractivity contribution in [2.45, 2.75) is 0 Å². The topological polar surface area (TPSA) is 84.1 Å². The van der Waals surface area contributed by atoms with Crippen molar-refractivity contribution in [2.24, 2.45) is 0 Å². The van der Waals surface area contributed by atoms with Gasteiger partial charge in [-0.3, -0.25) is 4.79 Å². The molecule has 116 valence electrons. The van der Waals surface area contributed by atoms with Crippen molar-refractivity contribution in [3.05, 3.63) is 57.9 Å². The maximum absolute atomic E-state index is 12.0. The molecule has 0 aliphatic heterocycles. The summed E-state index contributed by atoms with van der Waals surface area (Å²) in [5.41, 5.74) is 2.52. The highest BCUT2D eigenvalue weighted by atomic mass is 127. The molecule has 2 aromatic carbocycles. The van der Waals surface area contributed by atoms with Crippen molar-refractivity contribution < 1.29 is 14.3 Å². The summed E-state index contributed by atoms with van der Waals surface area (Å²) in [6.45, 7) is -0.341. The van der Waals surface area contributed by atoms with Gasteiger partial charge in [0.1, 0.15) is 0 Å². The monoisotopic (exact) mass is 421 g/mol. The minimum Gasteiger partial charge on any atom is -0.452 e. The summed E-state index contributed by atoms with van der Waals surface area (Å²) in [6.07, 6.45) is 1.55. The van der Waals surface area contributed by atoms with Crippen LogP contribution >= 0.6 is 22.6 Å². The average Bonchev–Trinajstić information content (AvgIpc) is 3.02. The molecule has 3 rings (SSSR count). The first-order valence-corrected chi connectivity index (χ1v) is 7.85. The summed E-state index contributed by atoms with van der Waals surface area (Å²) < 4.78 is 6.10. The Kier molecular flexibility index (Phi) is 4.56. The van der Waals surface area contributed by atoms with Crippen LogP contribution < -0.4 is 5.32 Å². The summed E-state index contributed by atoms with van der Waals surface area (Å²) in [5, 5.41) is 2.67. The number of ether oxygens (including phenoxy) is 1. The van der Waals surface area contributed by atoms with Gasteiger partial charge in [0.15, 0.2) is 6.61 Å². The van der Waals surface area contributed by atoms with Gasteiger partial charge in [-0.15, -0.1) is 0 Å². The molecule has 0 atom stereocenters. The van der Waals surface area contributed by atoms with Gasteiger partial charge < -0.3 is 15.0 Å². The quantitative estimate of drug-likeness (QED) is 0.501. The average molecular weight is 421 g/mol. The number of imidazole rings is 1.